The molecule has 0 atom stereocenters. The first-order valence-corrected chi connectivity index (χ1v) is 7.90. The average Bonchev–Trinajstić information content (AvgIpc) is 2.56. The van der Waals surface area contributed by atoms with Crippen LogP contribution in [-0.4, -0.2) is 19.7 Å². The summed E-state index contributed by atoms with van der Waals surface area (Å²) in [6, 6.07) is 4.47. The van der Waals surface area contributed by atoms with Gasteiger partial charge in [-0.05, 0) is 25.0 Å². The van der Waals surface area contributed by atoms with Gasteiger partial charge in [0.2, 0.25) is 0 Å². The molecule has 12 nitrogen and oxygen atoms in total. The molecule has 0 fully saturated rings. The van der Waals surface area contributed by atoms with Crippen LogP contribution in [0.15, 0.2) is 34.1 Å². The predicted octanol–water partition coefficient (Wildman–Crippen LogP) is 4.09. The van der Waals surface area contributed by atoms with Crippen LogP contribution in [0.4, 0.5) is 22.7 Å². The van der Waals surface area contributed by atoms with Gasteiger partial charge in [0.1, 0.15) is 9.79 Å². The number of hydrogen-bond donors (Lipinski definition) is 0. The van der Waals surface area contributed by atoms with Crippen LogP contribution in [0.2, 0.25) is 0 Å². The van der Waals surface area contributed by atoms with Crippen LogP contribution in [-0.2, 0) is 0 Å². The third-order valence-electron chi connectivity index (χ3n) is 3.58. The van der Waals surface area contributed by atoms with Crippen molar-refractivity contribution in [1.29, 1.82) is 0 Å². The van der Waals surface area contributed by atoms with Gasteiger partial charge in [-0.3, -0.25) is 40.5 Å². The van der Waals surface area contributed by atoms with E-state index in [1.807, 2.05) is 0 Å². The zero-order valence-corrected chi connectivity index (χ0v) is 14.6. The van der Waals surface area contributed by atoms with Crippen molar-refractivity contribution in [3.63, 3.8) is 0 Å². The highest BCUT2D eigenvalue weighted by atomic mass is 32.2. The maximum Gasteiger partial charge on any atom is 0.360 e. The molecular weight excluding hydrogens is 384 g/mol. The van der Waals surface area contributed by atoms with E-state index in [4.69, 9.17) is 0 Å². The summed E-state index contributed by atoms with van der Waals surface area (Å²) >= 11 is 0.522. The van der Waals surface area contributed by atoms with Gasteiger partial charge in [0.15, 0.2) is 0 Å². The van der Waals surface area contributed by atoms with Gasteiger partial charge in [-0.2, -0.15) is 0 Å². The summed E-state index contributed by atoms with van der Waals surface area (Å²) in [5.41, 5.74) is -2.69. The Hall–Kier alpha value is -3.61. The standard InChI is InChI=1S/C14H10N4O8S/c1-7-3-5-9(15(19)20)11(17(23)24)13(7)27-14-8(2)4-6-10(16(21)22)12(14)18(25)26/h3-6H,1-2H3. The predicted molar refractivity (Wildman–Crippen MR) is 93.1 cm³/mol. The maximum atomic E-state index is 11.4. The summed E-state index contributed by atoms with van der Waals surface area (Å²) in [7, 11) is 0. The minimum Gasteiger partial charge on any atom is -0.258 e. The molecule has 0 radical (unpaired) electrons. The number of benzene rings is 2. The maximum absolute atomic E-state index is 11.4. The Labute approximate surface area is 154 Å². The molecule has 0 amide bonds. The minimum absolute atomic E-state index is 0.194. The van der Waals surface area contributed by atoms with Crippen molar-refractivity contribution in [3.05, 3.63) is 75.8 Å². The Balaban J connectivity index is 2.82. The highest BCUT2D eigenvalue weighted by Gasteiger charge is 2.35. The molecule has 2 rings (SSSR count). The monoisotopic (exact) mass is 394 g/mol. The Bertz CT molecular complexity index is 928. The van der Waals surface area contributed by atoms with Gasteiger partial charge < -0.3 is 0 Å². The van der Waals surface area contributed by atoms with Gasteiger partial charge in [-0.25, -0.2) is 0 Å². The summed E-state index contributed by atoms with van der Waals surface area (Å²) < 4.78 is 0. The Morgan fingerprint density at radius 1 is 0.630 bits per heavy atom. The molecule has 0 unspecified atom stereocenters. The molecule has 0 aromatic heterocycles. The first-order valence-electron chi connectivity index (χ1n) is 7.08. The molecule has 0 aliphatic rings. The van der Waals surface area contributed by atoms with Crippen LogP contribution in [0.1, 0.15) is 11.1 Å². The van der Waals surface area contributed by atoms with Gasteiger partial charge in [0.25, 0.3) is 0 Å². The Morgan fingerprint density at radius 2 is 0.963 bits per heavy atom. The van der Waals surface area contributed by atoms with E-state index in [1.165, 1.54) is 26.0 Å². The van der Waals surface area contributed by atoms with Gasteiger partial charge >= 0.3 is 22.7 Å². The molecule has 0 N–H and O–H groups in total. The smallest absolute Gasteiger partial charge is 0.258 e. The van der Waals surface area contributed by atoms with Gasteiger partial charge in [0.05, 0.1) is 19.7 Å². The second-order valence-electron chi connectivity index (χ2n) is 5.29. The molecule has 13 heteroatoms. The lowest BCUT2D eigenvalue weighted by Crippen LogP contribution is -2.02. The third-order valence-corrected chi connectivity index (χ3v) is 5.02. The summed E-state index contributed by atoms with van der Waals surface area (Å²) in [4.78, 5) is 40.9. The van der Waals surface area contributed by atoms with Crippen LogP contribution in [0.25, 0.3) is 0 Å². The van der Waals surface area contributed by atoms with Crippen molar-refractivity contribution in [2.24, 2.45) is 0 Å². The number of nitro groups is 4. The van der Waals surface area contributed by atoms with Crippen molar-refractivity contribution in [2.45, 2.75) is 23.6 Å². The fraction of sp³-hybridized carbons (Fsp3) is 0.143. The molecule has 2 aromatic rings. The van der Waals surface area contributed by atoms with Crippen molar-refractivity contribution < 1.29 is 19.7 Å². The van der Waals surface area contributed by atoms with Crippen LogP contribution < -0.4 is 0 Å². The first-order chi connectivity index (χ1) is 12.6. The van der Waals surface area contributed by atoms with E-state index < -0.39 is 42.4 Å². The van der Waals surface area contributed by atoms with Crippen molar-refractivity contribution in [1.82, 2.24) is 0 Å². The summed E-state index contributed by atoms with van der Waals surface area (Å²) in [5.74, 6) is 0. The quantitative estimate of drug-likeness (QED) is 0.516. The van der Waals surface area contributed by atoms with E-state index in [-0.39, 0.29) is 20.9 Å². The van der Waals surface area contributed by atoms with Crippen LogP contribution in [0, 0.1) is 54.3 Å². The molecule has 0 bridgehead atoms. The zero-order valence-electron chi connectivity index (χ0n) is 13.8. The van der Waals surface area contributed by atoms with Crippen LogP contribution in [0.3, 0.4) is 0 Å². The zero-order chi connectivity index (χ0) is 20.5. The molecule has 0 saturated heterocycles. The molecule has 0 spiro atoms. The fourth-order valence-electron chi connectivity index (χ4n) is 2.33. The van der Waals surface area contributed by atoms with Gasteiger partial charge in [0, 0.05) is 12.1 Å². The minimum atomic E-state index is -0.952. The van der Waals surface area contributed by atoms with Crippen LogP contribution >= 0.6 is 11.8 Å². The molecule has 2 aromatic carbocycles. The largest absolute Gasteiger partial charge is 0.360 e. The van der Waals surface area contributed by atoms with Crippen molar-refractivity contribution in [2.75, 3.05) is 0 Å². The highest BCUT2D eigenvalue weighted by molar-refractivity contribution is 7.99. The van der Waals surface area contributed by atoms with Gasteiger partial charge in [-0.1, -0.05) is 23.9 Å². The summed E-state index contributed by atoms with van der Waals surface area (Å²) in [6.45, 7) is 2.88. The Morgan fingerprint density at radius 3 is 1.22 bits per heavy atom. The van der Waals surface area contributed by atoms with Crippen molar-refractivity contribution >= 4 is 34.5 Å². The number of aryl methyl sites for hydroxylation is 2. The SMILES string of the molecule is Cc1ccc([N+](=O)[O-])c([N+](=O)[O-])c1Sc1c(C)ccc([N+](=O)[O-])c1[N+](=O)[O-]. The first kappa shape index (κ1) is 19.7. The molecule has 0 heterocycles. The molecule has 140 valence electrons. The second-order valence-corrected chi connectivity index (χ2v) is 6.31. The topological polar surface area (TPSA) is 173 Å². The highest BCUT2D eigenvalue weighted by Crippen LogP contribution is 2.48. The average molecular weight is 394 g/mol. The van der Waals surface area contributed by atoms with E-state index in [1.54, 1.807) is 0 Å². The van der Waals surface area contributed by atoms with E-state index in [9.17, 15) is 40.5 Å². The van der Waals surface area contributed by atoms with Crippen LogP contribution in [0.5, 0.6) is 0 Å². The molecule has 0 aliphatic carbocycles. The molecule has 27 heavy (non-hydrogen) atoms. The third kappa shape index (κ3) is 3.67. The lowest BCUT2D eigenvalue weighted by molar-refractivity contribution is -0.424. The van der Waals surface area contributed by atoms with E-state index in [2.05, 4.69) is 0 Å². The number of nitro benzene ring substituents is 4. The fourth-order valence-corrected chi connectivity index (χ4v) is 3.54. The molecule has 0 saturated carbocycles. The lowest BCUT2D eigenvalue weighted by atomic mass is 10.2. The van der Waals surface area contributed by atoms with E-state index in [0.29, 0.717) is 11.8 Å². The van der Waals surface area contributed by atoms with Gasteiger partial charge in [-0.15, -0.1) is 0 Å². The lowest BCUT2D eigenvalue weighted by Gasteiger charge is -2.09. The molecule has 0 aliphatic heterocycles. The number of nitrogens with zero attached hydrogens (tertiary/aromatic N) is 4. The van der Waals surface area contributed by atoms with Crippen molar-refractivity contribution in [3.8, 4) is 0 Å². The van der Waals surface area contributed by atoms with E-state index >= 15 is 0 Å². The summed E-state index contributed by atoms with van der Waals surface area (Å²) in [6.07, 6.45) is 0. The second kappa shape index (κ2) is 7.33. The molecular formula is C14H10N4O8S. The normalized spacial score (nSPS) is 10.4. The Kier molecular flexibility index (Phi) is 5.35. The number of hydrogen-bond acceptors (Lipinski definition) is 9. The summed E-state index contributed by atoms with van der Waals surface area (Å²) in [5, 5.41) is 45.1. The number of rotatable bonds is 6. The van der Waals surface area contributed by atoms with E-state index in [0.717, 1.165) is 12.1 Å².